The molecule has 0 spiro atoms. The number of hydrogen-bond acceptors (Lipinski definition) is 7. The third-order valence-electron chi connectivity index (χ3n) is 6.13. The van der Waals surface area contributed by atoms with Gasteiger partial charge in [0, 0.05) is 35.2 Å². The highest BCUT2D eigenvalue weighted by atomic mass is 32.2. The molecule has 3 aromatic carbocycles. The van der Waals surface area contributed by atoms with E-state index in [-0.39, 0.29) is 13.4 Å². The first kappa shape index (κ1) is 28.1. The van der Waals surface area contributed by atoms with E-state index in [1.807, 2.05) is 44.2 Å². The summed E-state index contributed by atoms with van der Waals surface area (Å²) in [6.07, 6.45) is 0. The van der Waals surface area contributed by atoms with Crippen molar-refractivity contribution in [1.82, 2.24) is 20.1 Å². The molecule has 0 fully saturated rings. The van der Waals surface area contributed by atoms with Crippen LogP contribution in [0.25, 0.3) is 5.69 Å². The highest BCUT2D eigenvalue weighted by molar-refractivity contribution is 7.98. The van der Waals surface area contributed by atoms with E-state index in [0.29, 0.717) is 6.54 Å². The predicted molar refractivity (Wildman–Crippen MR) is 158 cm³/mol. The summed E-state index contributed by atoms with van der Waals surface area (Å²) >= 11 is 1.79. The van der Waals surface area contributed by atoms with Crippen molar-refractivity contribution in [3.05, 3.63) is 95.1 Å². The van der Waals surface area contributed by atoms with Gasteiger partial charge < -0.3 is 15.1 Å². The lowest BCUT2D eigenvalue weighted by molar-refractivity contribution is -0.118. The molecule has 0 saturated heterocycles. The number of aliphatic imine (C=N–C) groups is 1. The predicted octanol–water partition coefficient (Wildman–Crippen LogP) is 3.34. The summed E-state index contributed by atoms with van der Waals surface area (Å²) in [6, 6.07) is 22.6. The van der Waals surface area contributed by atoms with Gasteiger partial charge in [0.1, 0.15) is 18.1 Å². The van der Waals surface area contributed by atoms with Crippen LogP contribution in [-0.2, 0) is 17.1 Å². The SMILES string of the molecule is CCNC(C)=O.COc1ccc2c(c1)C(c1ccc(SCc3ccc(BO)cc3)cc1)=NCc1nnc(C)n1-2. The fraction of sp³-hybridized carbons (Fsp3) is 0.241. The van der Waals surface area contributed by atoms with Gasteiger partial charge in [0.05, 0.1) is 18.5 Å². The number of amides is 1. The number of benzene rings is 3. The van der Waals surface area contributed by atoms with E-state index in [0.717, 1.165) is 57.7 Å². The van der Waals surface area contributed by atoms with Crippen molar-refractivity contribution < 1.29 is 14.6 Å². The van der Waals surface area contributed by atoms with Crippen molar-refractivity contribution in [2.45, 2.75) is 38.0 Å². The second-order valence-electron chi connectivity index (χ2n) is 8.92. The van der Waals surface area contributed by atoms with Crippen LogP contribution < -0.4 is 15.5 Å². The Hall–Kier alpha value is -3.89. The second kappa shape index (κ2) is 13.3. The minimum absolute atomic E-state index is 0.0394. The maximum Gasteiger partial charge on any atom is 0.304 e. The lowest BCUT2D eigenvalue weighted by Gasteiger charge is -2.14. The molecule has 0 saturated carbocycles. The summed E-state index contributed by atoms with van der Waals surface area (Å²) in [5, 5.41) is 20.3. The van der Waals surface area contributed by atoms with Crippen LogP contribution in [0, 0.1) is 6.92 Å². The van der Waals surface area contributed by atoms with Crippen LogP contribution in [0.15, 0.2) is 76.6 Å². The Morgan fingerprint density at radius 1 is 1.10 bits per heavy atom. The second-order valence-corrected chi connectivity index (χ2v) is 9.97. The molecule has 200 valence electrons. The third kappa shape index (κ3) is 6.96. The Bertz CT molecular complexity index is 1450. The number of fused-ring (bicyclic) bond motifs is 3. The van der Waals surface area contributed by atoms with Crippen LogP contribution in [0.3, 0.4) is 0 Å². The largest absolute Gasteiger partial charge is 0.497 e. The lowest BCUT2D eigenvalue weighted by Crippen LogP contribution is -2.18. The van der Waals surface area contributed by atoms with E-state index in [1.165, 1.54) is 17.4 Å². The average Bonchev–Trinajstić information content (AvgIpc) is 3.24. The van der Waals surface area contributed by atoms with Crippen molar-refractivity contribution in [2.75, 3.05) is 13.7 Å². The molecule has 2 heterocycles. The minimum Gasteiger partial charge on any atom is -0.497 e. The van der Waals surface area contributed by atoms with Crippen LogP contribution in [0.4, 0.5) is 0 Å². The molecule has 1 aliphatic rings. The number of aromatic nitrogens is 3. The molecule has 8 nitrogen and oxygen atoms in total. The number of methoxy groups -OCH3 is 1. The van der Waals surface area contributed by atoms with Crippen LogP contribution in [-0.4, -0.2) is 52.5 Å². The maximum absolute atomic E-state index is 9.93. The van der Waals surface area contributed by atoms with E-state index < -0.39 is 0 Å². The molecule has 1 aliphatic heterocycles. The van der Waals surface area contributed by atoms with Gasteiger partial charge in [-0.3, -0.25) is 14.4 Å². The van der Waals surface area contributed by atoms with Gasteiger partial charge in [-0.15, -0.1) is 22.0 Å². The molecule has 39 heavy (non-hydrogen) atoms. The molecule has 10 heteroatoms. The Labute approximate surface area is 233 Å². The Morgan fingerprint density at radius 2 is 1.85 bits per heavy atom. The van der Waals surface area contributed by atoms with Crippen LogP contribution >= 0.6 is 11.8 Å². The minimum atomic E-state index is 0.0394. The smallest absolute Gasteiger partial charge is 0.304 e. The molecular formula is C29H32BN5O3S. The Kier molecular flexibility index (Phi) is 9.57. The van der Waals surface area contributed by atoms with Crippen molar-refractivity contribution >= 4 is 36.3 Å². The molecule has 0 atom stereocenters. The average molecular weight is 541 g/mol. The molecule has 1 amide bonds. The summed E-state index contributed by atoms with van der Waals surface area (Å²) < 4.78 is 7.57. The number of aryl methyl sites for hydroxylation is 1. The van der Waals surface area contributed by atoms with E-state index >= 15 is 0 Å². The number of rotatable bonds is 7. The number of ether oxygens (including phenoxy) is 1. The lowest BCUT2D eigenvalue weighted by atomic mass is 9.88. The molecule has 5 rings (SSSR count). The molecule has 0 radical (unpaired) electrons. The van der Waals surface area contributed by atoms with Gasteiger partial charge in [-0.25, -0.2) is 0 Å². The number of nitrogens with one attached hydrogen (secondary N) is 1. The van der Waals surface area contributed by atoms with E-state index in [1.54, 1.807) is 18.9 Å². The van der Waals surface area contributed by atoms with E-state index in [9.17, 15) is 9.82 Å². The van der Waals surface area contributed by atoms with Crippen molar-refractivity contribution in [3.63, 3.8) is 0 Å². The molecule has 0 unspecified atom stereocenters. The zero-order valence-corrected chi connectivity index (χ0v) is 23.5. The Morgan fingerprint density at radius 3 is 2.46 bits per heavy atom. The van der Waals surface area contributed by atoms with E-state index in [4.69, 9.17) is 9.73 Å². The summed E-state index contributed by atoms with van der Waals surface area (Å²) in [5.74, 6) is 3.37. The number of carbonyl (C=O) groups excluding carboxylic acids is 1. The highest BCUT2D eigenvalue weighted by Gasteiger charge is 2.22. The van der Waals surface area contributed by atoms with Crippen LogP contribution in [0.5, 0.6) is 5.75 Å². The first-order valence-corrected chi connectivity index (χ1v) is 13.7. The standard InChI is InChI=1S/C25H23BN4O2S.C4H9NO/c1-16-28-29-24-14-27-25(22-13-20(32-2)9-12-23(22)30(16)24)18-5-10-21(11-6-18)33-15-17-3-7-19(26-31)8-4-17;1-3-5-4(2)6/h3-13,26,31H,14-15H2,1-2H3;3H2,1-2H3,(H,5,6). The molecule has 2 N–H and O–H groups in total. The van der Waals surface area contributed by atoms with Gasteiger partial charge >= 0.3 is 7.48 Å². The maximum atomic E-state index is 9.93. The van der Waals surface area contributed by atoms with Crippen molar-refractivity contribution in [1.29, 1.82) is 0 Å². The number of nitrogens with zero attached hydrogens (tertiary/aromatic N) is 4. The number of thioether (sulfide) groups is 1. The molecule has 0 aliphatic carbocycles. The first-order chi connectivity index (χ1) is 18.9. The normalized spacial score (nSPS) is 11.7. The zero-order chi connectivity index (χ0) is 27.8. The Balaban J connectivity index is 0.000000531. The van der Waals surface area contributed by atoms with Gasteiger partial charge in [-0.1, -0.05) is 41.9 Å². The van der Waals surface area contributed by atoms with Crippen LogP contribution in [0.2, 0.25) is 0 Å². The summed E-state index contributed by atoms with van der Waals surface area (Å²) in [5.41, 5.74) is 6.15. The fourth-order valence-electron chi connectivity index (χ4n) is 4.20. The fourth-order valence-corrected chi connectivity index (χ4v) is 5.05. The highest BCUT2D eigenvalue weighted by Crippen LogP contribution is 2.30. The number of carbonyl (C=O) groups is 1. The first-order valence-electron chi connectivity index (χ1n) is 12.7. The van der Waals surface area contributed by atoms with Gasteiger partial charge in [0.15, 0.2) is 5.82 Å². The molecule has 4 aromatic rings. The molecule has 0 bridgehead atoms. The summed E-state index contributed by atoms with van der Waals surface area (Å²) in [4.78, 5) is 16.0. The molecule has 1 aromatic heterocycles. The van der Waals surface area contributed by atoms with Gasteiger partial charge in [0.25, 0.3) is 0 Å². The van der Waals surface area contributed by atoms with E-state index in [2.05, 4.69) is 56.5 Å². The topological polar surface area (TPSA) is 102 Å². The van der Waals surface area contributed by atoms with Gasteiger partial charge in [0.2, 0.25) is 5.91 Å². The van der Waals surface area contributed by atoms with Crippen molar-refractivity contribution in [2.24, 2.45) is 4.99 Å². The van der Waals surface area contributed by atoms with Crippen LogP contribution in [0.1, 0.15) is 42.2 Å². The molecular weight excluding hydrogens is 509 g/mol. The zero-order valence-electron chi connectivity index (χ0n) is 22.6. The summed E-state index contributed by atoms with van der Waals surface area (Å²) in [7, 11) is 1.75. The van der Waals surface area contributed by atoms with Gasteiger partial charge in [-0.05, 0) is 49.7 Å². The van der Waals surface area contributed by atoms with Gasteiger partial charge in [-0.2, -0.15) is 0 Å². The monoisotopic (exact) mass is 541 g/mol. The summed E-state index contributed by atoms with van der Waals surface area (Å²) in [6.45, 7) is 6.55. The quantitative estimate of drug-likeness (QED) is 0.275. The van der Waals surface area contributed by atoms with Crippen molar-refractivity contribution in [3.8, 4) is 11.4 Å². The third-order valence-corrected chi connectivity index (χ3v) is 7.22. The number of hydrogen-bond donors (Lipinski definition) is 2.